The van der Waals surface area contributed by atoms with Crippen LogP contribution in [0.15, 0.2) is 73.1 Å². The Morgan fingerprint density at radius 2 is 1.77 bits per heavy atom. The van der Waals surface area contributed by atoms with E-state index in [2.05, 4.69) is 15.4 Å². The molecule has 0 saturated carbocycles. The number of alkyl halides is 3. The summed E-state index contributed by atoms with van der Waals surface area (Å²) in [6, 6.07) is 15.2. The summed E-state index contributed by atoms with van der Waals surface area (Å²) >= 11 is 0. The van der Waals surface area contributed by atoms with Gasteiger partial charge in [0.1, 0.15) is 0 Å². The first-order chi connectivity index (χ1) is 14.8. The van der Waals surface area contributed by atoms with Gasteiger partial charge in [0.25, 0.3) is 0 Å². The van der Waals surface area contributed by atoms with E-state index in [-0.39, 0.29) is 0 Å². The Hall–Kier alpha value is -3.88. The molecule has 0 fully saturated rings. The van der Waals surface area contributed by atoms with E-state index in [0.29, 0.717) is 28.9 Å². The number of carboxylic acid groups (broad SMARTS) is 1. The molecule has 2 heterocycles. The molecular weight excluding hydrogens is 409 g/mol. The minimum Gasteiger partial charge on any atom is -0.465 e. The molecule has 4 aromatic rings. The fourth-order valence-corrected chi connectivity index (χ4v) is 3.44. The summed E-state index contributed by atoms with van der Waals surface area (Å²) in [5.41, 5.74) is 2.25. The second kappa shape index (κ2) is 8.10. The van der Waals surface area contributed by atoms with Crippen molar-refractivity contribution in [3.8, 4) is 11.1 Å². The van der Waals surface area contributed by atoms with E-state index in [0.717, 1.165) is 17.7 Å². The van der Waals surface area contributed by atoms with Crippen LogP contribution in [0.4, 0.5) is 18.0 Å². The Kier molecular flexibility index (Phi) is 5.33. The van der Waals surface area contributed by atoms with Gasteiger partial charge in [-0.3, -0.25) is 0 Å². The molecule has 1 atom stereocenters. The third-order valence-corrected chi connectivity index (χ3v) is 4.89. The van der Waals surface area contributed by atoms with Crippen molar-refractivity contribution in [1.82, 2.24) is 19.9 Å². The van der Waals surface area contributed by atoms with Gasteiger partial charge in [-0.15, -0.1) is 0 Å². The molecule has 6 nitrogen and oxygen atoms in total. The van der Waals surface area contributed by atoms with Crippen molar-refractivity contribution >= 4 is 11.7 Å². The second-order valence-electron chi connectivity index (χ2n) is 6.93. The third kappa shape index (κ3) is 4.35. The van der Waals surface area contributed by atoms with Gasteiger partial charge in [0.05, 0.1) is 23.5 Å². The van der Waals surface area contributed by atoms with Crippen molar-refractivity contribution in [2.24, 2.45) is 0 Å². The van der Waals surface area contributed by atoms with E-state index in [1.54, 1.807) is 6.07 Å². The summed E-state index contributed by atoms with van der Waals surface area (Å²) in [5.74, 6) is 0. The van der Waals surface area contributed by atoms with Gasteiger partial charge in [0.15, 0.2) is 5.65 Å². The minimum atomic E-state index is -4.42. The lowest BCUT2D eigenvalue weighted by atomic mass is 10.0. The van der Waals surface area contributed by atoms with E-state index in [1.165, 1.54) is 29.0 Å². The molecule has 2 aromatic carbocycles. The van der Waals surface area contributed by atoms with E-state index < -0.39 is 23.9 Å². The third-order valence-electron chi connectivity index (χ3n) is 4.89. The molecule has 0 aliphatic rings. The average molecular weight is 426 g/mol. The zero-order valence-corrected chi connectivity index (χ0v) is 16.0. The van der Waals surface area contributed by atoms with Crippen LogP contribution in [0.3, 0.4) is 0 Å². The number of nitrogens with one attached hydrogen (secondary N) is 1. The van der Waals surface area contributed by atoms with Gasteiger partial charge in [-0.1, -0.05) is 42.5 Å². The number of fused-ring (bicyclic) bond motifs is 1. The zero-order chi connectivity index (χ0) is 22.0. The molecule has 4 rings (SSSR count). The van der Waals surface area contributed by atoms with E-state index >= 15 is 0 Å². The molecule has 0 saturated heterocycles. The molecule has 2 aromatic heterocycles. The normalized spacial score (nSPS) is 12.6. The van der Waals surface area contributed by atoms with Crippen LogP contribution in [0.5, 0.6) is 0 Å². The van der Waals surface area contributed by atoms with Crippen molar-refractivity contribution in [2.45, 2.75) is 18.6 Å². The highest BCUT2D eigenvalue weighted by atomic mass is 19.4. The summed E-state index contributed by atoms with van der Waals surface area (Å²) < 4.78 is 40.1. The number of carbonyl (C=O) groups is 1. The number of halogens is 3. The topological polar surface area (TPSA) is 79.5 Å². The largest absolute Gasteiger partial charge is 0.465 e. The first-order valence-corrected chi connectivity index (χ1v) is 9.36. The first kappa shape index (κ1) is 20.4. The summed E-state index contributed by atoms with van der Waals surface area (Å²) in [4.78, 5) is 15.7. The van der Waals surface area contributed by atoms with Gasteiger partial charge in [0.2, 0.25) is 0 Å². The van der Waals surface area contributed by atoms with Gasteiger partial charge in [0, 0.05) is 11.8 Å². The lowest BCUT2D eigenvalue weighted by Crippen LogP contribution is -2.30. The van der Waals surface area contributed by atoms with Crippen LogP contribution in [0.1, 0.15) is 22.9 Å². The van der Waals surface area contributed by atoms with E-state index in [9.17, 15) is 23.1 Å². The van der Waals surface area contributed by atoms with Gasteiger partial charge < -0.3 is 10.4 Å². The van der Waals surface area contributed by atoms with Crippen LogP contribution in [-0.4, -0.2) is 25.8 Å². The number of amides is 1. The highest BCUT2D eigenvalue weighted by molar-refractivity contribution is 5.77. The fourth-order valence-electron chi connectivity index (χ4n) is 3.44. The monoisotopic (exact) mass is 426 g/mol. The van der Waals surface area contributed by atoms with Crippen molar-refractivity contribution in [2.75, 3.05) is 0 Å². The molecule has 2 N–H and O–H groups in total. The van der Waals surface area contributed by atoms with E-state index in [1.807, 2.05) is 30.3 Å². The molecule has 0 radical (unpaired) electrons. The minimum absolute atomic E-state index is 0.391. The van der Waals surface area contributed by atoms with Crippen LogP contribution in [0.25, 0.3) is 16.8 Å². The molecule has 0 bridgehead atoms. The van der Waals surface area contributed by atoms with Crippen molar-refractivity contribution in [3.63, 3.8) is 0 Å². The van der Waals surface area contributed by atoms with Crippen molar-refractivity contribution in [3.05, 3.63) is 89.9 Å². The Balaban J connectivity index is 1.74. The maximum atomic E-state index is 12.9. The number of aromatic nitrogens is 3. The number of hydrogen-bond donors (Lipinski definition) is 2. The molecule has 1 amide bonds. The standard InChI is InChI=1S/C22H17F3N4O2/c23-22(24,25)16-8-6-15(7-9-16)17-13-27-29-19(10-11-26-20(17)29)18(28-21(30)31)12-14-4-2-1-3-5-14/h1-11,13,18,28H,12H2,(H,30,31)/t18-/m0/s1. The molecule has 0 spiro atoms. The van der Waals surface area contributed by atoms with Crippen LogP contribution in [0, 0.1) is 0 Å². The lowest BCUT2D eigenvalue weighted by Gasteiger charge is -2.18. The van der Waals surface area contributed by atoms with E-state index in [4.69, 9.17) is 0 Å². The smallest absolute Gasteiger partial charge is 0.416 e. The summed E-state index contributed by atoms with van der Waals surface area (Å²) in [6.45, 7) is 0. The highest BCUT2D eigenvalue weighted by Crippen LogP contribution is 2.32. The van der Waals surface area contributed by atoms with Crippen molar-refractivity contribution < 1.29 is 23.1 Å². The first-order valence-electron chi connectivity index (χ1n) is 9.36. The summed E-state index contributed by atoms with van der Waals surface area (Å²) in [5, 5.41) is 16.2. The maximum absolute atomic E-state index is 12.9. The number of rotatable bonds is 5. The van der Waals surface area contributed by atoms with Gasteiger partial charge >= 0.3 is 12.3 Å². The van der Waals surface area contributed by atoms with Gasteiger partial charge in [-0.05, 0) is 35.7 Å². The predicted octanol–water partition coefficient (Wildman–Crippen LogP) is 4.97. The predicted molar refractivity (Wildman–Crippen MR) is 107 cm³/mol. The van der Waals surface area contributed by atoms with Crippen LogP contribution in [0.2, 0.25) is 0 Å². The Labute approximate surface area is 175 Å². The number of benzene rings is 2. The second-order valence-corrected chi connectivity index (χ2v) is 6.93. The molecular formula is C22H17F3N4O2. The van der Waals surface area contributed by atoms with Crippen LogP contribution < -0.4 is 5.32 Å². The number of nitrogens with zero attached hydrogens (tertiary/aromatic N) is 3. The maximum Gasteiger partial charge on any atom is 0.416 e. The van der Waals surface area contributed by atoms with Crippen LogP contribution >= 0.6 is 0 Å². The quantitative estimate of drug-likeness (QED) is 0.472. The molecule has 9 heteroatoms. The van der Waals surface area contributed by atoms with Gasteiger partial charge in [-0.2, -0.15) is 18.3 Å². The summed E-state index contributed by atoms with van der Waals surface area (Å²) in [6.07, 6.45) is -2.17. The highest BCUT2D eigenvalue weighted by Gasteiger charge is 2.30. The SMILES string of the molecule is O=C(O)N[C@@H](Cc1ccccc1)c1ccnc2c(-c3ccc(C(F)(F)F)cc3)cnn12. The van der Waals surface area contributed by atoms with Gasteiger partial charge in [-0.25, -0.2) is 14.3 Å². The number of hydrogen-bond acceptors (Lipinski definition) is 3. The Morgan fingerprint density at radius 3 is 2.42 bits per heavy atom. The Bertz CT molecular complexity index is 1210. The zero-order valence-electron chi connectivity index (χ0n) is 16.0. The molecule has 0 aliphatic heterocycles. The van der Waals surface area contributed by atoms with Crippen LogP contribution in [-0.2, 0) is 12.6 Å². The average Bonchev–Trinajstić information content (AvgIpc) is 3.17. The summed E-state index contributed by atoms with van der Waals surface area (Å²) in [7, 11) is 0. The van der Waals surface area contributed by atoms with Crippen molar-refractivity contribution in [1.29, 1.82) is 0 Å². The Morgan fingerprint density at radius 1 is 1.06 bits per heavy atom. The molecule has 0 unspecified atom stereocenters. The molecule has 31 heavy (non-hydrogen) atoms. The fraction of sp³-hybridized carbons (Fsp3) is 0.136. The molecule has 158 valence electrons. The lowest BCUT2D eigenvalue weighted by molar-refractivity contribution is -0.137. The molecule has 0 aliphatic carbocycles.